The molecule has 1 aromatic carbocycles. The normalized spacial score (nSPS) is 15.1. The number of benzene rings is 1. The van der Waals surface area contributed by atoms with Crippen LogP contribution >= 0.6 is 0 Å². The first kappa shape index (κ1) is 25.7. The molecule has 0 unspecified atom stereocenters. The fourth-order valence-corrected chi connectivity index (χ4v) is 4.66. The SMILES string of the molecule is CCn1cc(C(F)(F)F)nc1-c1ccc(CN2C(=O)COc3cnc(-c4c(OC)ncnc4C4CC4)nc32)cc1. The Hall–Kier alpha value is -4.55. The highest BCUT2D eigenvalue weighted by Gasteiger charge is 2.35. The van der Waals surface area contributed by atoms with Gasteiger partial charge in [0.1, 0.15) is 17.7 Å². The smallest absolute Gasteiger partial charge is 0.434 e. The Balaban J connectivity index is 1.32. The number of aromatic nitrogens is 6. The highest BCUT2D eigenvalue weighted by atomic mass is 19.4. The van der Waals surface area contributed by atoms with Crippen molar-refractivity contribution in [2.45, 2.75) is 44.9 Å². The van der Waals surface area contributed by atoms with Crippen molar-refractivity contribution < 1.29 is 27.4 Å². The Morgan fingerprint density at radius 1 is 1.10 bits per heavy atom. The van der Waals surface area contributed by atoms with E-state index >= 15 is 0 Å². The number of amides is 1. The number of alkyl halides is 3. The number of nitrogens with zero attached hydrogens (tertiary/aromatic N) is 7. The molecule has 10 nitrogen and oxygen atoms in total. The molecule has 1 fully saturated rings. The summed E-state index contributed by atoms with van der Waals surface area (Å²) in [6.07, 6.45) is 1.44. The lowest BCUT2D eigenvalue weighted by molar-refractivity contribution is -0.140. The zero-order chi connectivity index (χ0) is 28.0. The number of carbonyl (C=O) groups excluding carboxylic acids is 1. The number of hydrogen-bond acceptors (Lipinski definition) is 8. The topological polar surface area (TPSA) is 108 Å². The molecule has 0 atom stereocenters. The third-order valence-electron chi connectivity index (χ3n) is 6.83. The Bertz CT molecular complexity index is 1580. The van der Waals surface area contributed by atoms with Gasteiger partial charge in [0.25, 0.3) is 5.91 Å². The lowest BCUT2D eigenvalue weighted by Gasteiger charge is -2.28. The summed E-state index contributed by atoms with van der Waals surface area (Å²) in [7, 11) is 1.51. The van der Waals surface area contributed by atoms with Crippen molar-refractivity contribution >= 4 is 11.7 Å². The molecule has 1 saturated carbocycles. The summed E-state index contributed by atoms with van der Waals surface area (Å²) in [5.74, 6) is 1.52. The van der Waals surface area contributed by atoms with E-state index in [0.717, 1.165) is 30.3 Å². The second-order valence-corrected chi connectivity index (χ2v) is 9.50. The van der Waals surface area contributed by atoms with Gasteiger partial charge in [-0.05, 0) is 25.3 Å². The molecule has 0 N–H and O–H groups in total. The van der Waals surface area contributed by atoms with Crippen LogP contribution in [0, 0.1) is 0 Å². The van der Waals surface area contributed by atoms with Crippen molar-refractivity contribution in [1.82, 2.24) is 29.5 Å². The average Bonchev–Trinajstić information content (AvgIpc) is 3.71. The summed E-state index contributed by atoms with van der Waals surface area (Å²) >= 11 is 0. The van der Waals surface area contributed by atoms with Gasteiger partial charge in [0.2, 0.25) is 5.88 Å². The summed E-state index contributed by atoms with van der Waals surface area (Å²) in [5.41, 5.74) is 1.72. The van der Waals surface area contributed by atoms with Crippen LogP contribution < -0.4 is 14.4 Å². The number of aryl methyl sites for hydroxylation is 1. The Labute approximate surface area is 226 Å². The molecule has 40 heavy (non-hydrogen) atoms. The van der Waals surface area contributed by atoms with Crippen LogP contribution in [0.2, 0.25) is 0 Å². The van der Waals surface area contributed by atoms with Crippen molar-refractivity contribution in [3.63, 3.8) is 0 Å². The predicted molar refractivity (Wildman–Crippen MR) is 137 cm³/mol. The third-order valence-corrected chi connectivity index (χ3v) is 6.83. The highest BCUT2D eigenvalue weighted by molar-refractivity contribution is 5.96. The van der Waals surface area contributed by atoms with E-state index in [1.165, 1.54) is 29.1 Å². The molecule has 1 aliphatic heterocycles. The van der Waals surface area contributed by atoms with Gasteiger partial charge in [0.05, 0.1) is 25.5 Å². The van der Waals surface area contributed by atoms with Gasteiger partial charge in [-0.15, -0.1) is 0 Å². The number of halogens is 3. The van der Waals surface area contributed by atoms with Gasteiger partial charge in [0.15, 0.2) is 29.7 Å². The number of ether oxygens (including phenoxy) is 2. The monoisotopic (exact) mass is 551 g/mol. The largest absolute Gasteiger partial charge is 0.480 e. The maximum atomic E-state index is 13.2. The second-order valence-electron chi connectivity index (χ2n) is 9.50. The molecular formula is C27H24F3N7O3. The van der Waals surface area contributed by atoms with Gasteiger partial charge >= 0.3 is 6.18 Å². The number of imidazole rings is 1. The lowest BCUT2D eigenvalue weighted by atomic mass is 10.1. The van der Waals surface area contributed by atoms with E-state index in [1.54, 1.807) is 31.2 Å². The van der Waals surface area contributed by atoms with Crippen molar-refractivity contribution in [2.24, 2.45) is 0 Å². The van der Waals surface area contributed by atoms with Crippen LogP contribution in [0.25, 0.3) is 22.8 Å². The van der Waals surface area contributed by atoms with Gasteiger partial charge in [-0.2, -0.15) is 13.2 Å². The van der Waals surface area contributed by atoms with Gasteiger partial charge in [-0.25, -0.2) is 24.9 Å². The molecule has 4 aromatic rings. The van der Waals surface area contributed by atoms with E-state index < -0.39 is 11.9 Å². The predicted octanol–water partition coefficient (Wildman–Crippen LogP) is 4.65. The summed E-state index contributed by atoms with van der Waals surface area (Å²) in [4.78, 5) is 36.1. The van der Waals surface area contributed by atoms with E-state index in [1.807, 2.05) is 0 Å². The molecule has 13 heteroatoms. The van der Waals surface area contributed by atoms with E-state index in [0.29, 0.717) is 40.9 Å². The minimum atomic E-state index is -4.53. The molecule has 3 aromatic heterocycles. The maximum absolute atomic E-state index is 13.2. The zero-order valence-corrected chi connectivity index (χ0v) is 21.6. The van der Waals surface area contributed by atoms with Crippen molar-refractivity contribution in [2.75, 3.05) is 18.6 Å². The average molecular weight is 552 g/mol. The van der Waals surface area contributed by atoms with Crippen LogP contribution in [-0.4, -0.2) is 49.1 Å². The van der Waals surface area contributed by atoms with E-state index in [2.05, 4.69) is 19.9 Å². The molecule has 206 valence electrons. The number of methoxy groups -OCH3 is 1. The molecule has 0 spiro atoms. The van der Waals surface area contributed by atoms with Crippen molar-refractivity contribution in [3.05, 3.63) is 59.9 Å². The molecule has 2 aliphatic rings. The van der Waals surface area contributed by atoms with Crippen LogP contribution in [0.1, 0.15) is 42.6 Å². The number of anilines is 1. The highest BCUT2D eigenvalue weighted by Crippen LogP contribution is 2.45. The number of rotatable bonds is 7. The van der Waals surface area contributed by atoms with Crippen molar-refractivity contribution in [1.29, 1.82) is 0 Å². The zero-order valence-electron chi connectivity index (χ0n) is 21.6. The van der Waals surface area contributed by atoms with Crippen LogP contribution in [-0.2, 0) is 24.1 Å². The Kier molecular flexibility index (Phi) is 6.35. The van der Waals surface area contributed by atoms with Crippen LogP contribution in [0.15, 0.2) is 43.0 Å². The minimum absolute atomic E-state index is 0.167. The first-order valence-corrected chi connectivity index (χ1v) is 12.7. The third kappa shape index (κ3) is 4.71. The first-order chi connectivity index (χ1) is 19.3. The summed E-state index contributed by atoms with van der Waals surface area (Å²) in [6.45, 7) is 2.08. The van der Waals surface area contributed by atoms with Crippen molar-refractivity contribution in [3.8, 4) is 34.4 Å². The van der Waals surface area contributed by atoms with Crippen LogP contribution in [0.3, 0.4) is 0 Å². The van der Waals surface area contributed by atoms with Gasteiger partial charge in [-0.3, -0.25) is 9.69 Å². The summed E-state index contributed by atoms with van der Waals surface area (Å²) in [5, 5.41) is 0. The molecular weight excluding hydrogens is 527 g/mol. The van der Waals surface area contributed by atoms with Gasteiger partial charge < -0.3 is 14.0 Å². The Morgan fingerprint density at radius 3 is 2.55 bits per heavy atom. The molecule has 4 heterocycles. The molecule has 0 saturated heterocycles. The maximum Gasteiger partial charge on any atom is 0.434 e. The number of fused-ring (bicyclic) bond motifs is 1. The molecule has 6 rings (SSSR count). The second kappa shape index (κ2) is 9.88. The fraction of sp³-hybridized carbons (Fsp3) is 0.333. The minimum Gasteiger partial charge on any atom is -0.480 e. The molecule has 0 bridgehead atoms. The molecule has 1 amide bonds. The quantitative estimate of drug-likeness (QED) is 0.327. The standard InChI is InChI=1S/C27H24F3N7O3/c1-3-36-12-19(27(28,29)30)34-24(36)17-6-4-15(5-7-17)11-37-20(38)13-40-18-10-31-23(35-25(18)37)21-22(16-8-9-16)32-14-33-26(21)39-2/h4-7,10,12,14,16H,3,8-9,11,13H2,1-2H3. The van der Waals surface area contributed by atoms with Gasteiger partial charge in [0, 0.05) is 24.2 Å². The van der Waals surface area contributed by atoms with E-state index in [-0.39, 0.29) is 30.8 Å². The van der Waals surface area contributed by atoms with Gasteiger partial charge in [-0.1, -0.05) is 24.3 Å². The summed E-state index contributed by atoms with van der Waals surface area (Å²) in [6, 6.07) is 6.88. The lowest BCUT2D eigenvalue weighted by Crippen LogP contribution is -2.39. The summed E-state index contributed by atoms with van der Waals surface area (Å²) < 4.78 is 52.2. The van der Waals surface area contributed by atoms with E-state index in [4.69, 9.17) is 14.5 Å². The van der Waals surface area contributed by atoms with Crippen LogP contribution in [0.5, 0.6) is 11.6 Å². The Morgan fingerprint density at radius 2 is 1.88 bits per heavy atom. The molecule has 1 aliphatic carbocycles. The number of carbonyl (C=O) groups is 1. The van der Waals surface area contributed by atoms with E-state index in [9.17, 15) is 18.0 Å². The molecule has 0 radical (unpaired) electrons. The fourth-order valence-electron chi connectivity index (χ4n) is 4.66. The van der Waals surface area contributed by atoms with Crippen LogP contribution in [0.4, 0.5) is 19.0 Å². The first-order valence-electron chi connectivity index (χ1n) is 12.7. The number of hydrogen-bond donors (Lipinski definition) is 0.